The maximum Gasteiger partial charge on any atom is 0.367 e. The lowest BCUT2D eigenvalue weighted by Crippen LogP contribution is -2.70. The standard InChI is InChI=1S/C19H35NO12S2/c20-9-7-29-17(14(25)11(9)22)30-8-10(21)15-12(23)13(24)16(26)19(32-15,18(27)28)31-3-1-5-34-6-2-4-33/h9-17,21-26,33H,1-8,20H2,(H,27,28)/t9-,10+,11-,12+,13-,14+,15+,16-,17+,19+/m0/s1. The number of nitrogens with two attached hydrogens (primary N) is 1. The molecule has 0 aromatic carbocycles. The van der Waals surface area contributed by atoms with Gasteiger partial charge in [-0.25, -0.2) is 4.79 Å². The monoisotopic (exact) mass is 533 g/mol. The van der Waals surface area contributed by atoms with Crippen LogP contribution >= 0.6 is 24.4 Å². The van der Waals surface area contributed by atoms with Crippen LogP contribution in [-0.4, -0.2) is 140 Å². The summed E-state index contributed by atoms with van der Waals surface area (Å²) in [5, 5.41) is 71.0. The molecule has 0 aliphatic carbocycles. The molecule has 200 valence electrons. The summed E-state index contributed by atoms with van der Waals surface area (Å²) in [4.78, 5) is 12.0. The van der Waals surface area contributed by atoms with Gasteiger partial charge in [0.05, 0.1) is 25.9 Å². The van der Waals surface area contributed by atoms with Crippen LogP contribution < -0.4 is 5.73 Å². The van der Waals surface area contributed by atoms with Gasteiger partial charge in [-0.05, 0) is 30.1 Å². The molecule has 10 atom stereocenters. The van der Waals surface area contributed by atoms with E-state index in [-0.39, 0.29) is 13.2 Å². The van der Waals surface area contributed by atoms with Crippen LogP contribution in [0.1, 0.15) is 12.8 Å². The summed E-state index contributed by atoms with van der Waals surface area (Å²) in [6.45, 7) is -0.916. The zero-order valence-electron chi connectivity index (χ0n) is 18.5. The number of aliphatic carboxylic acids is 1. The molecule has 0 bridgehead atoms. The molecule has 2 saturated heterocycles. The SMILES string of the molecule is N[C@H]1CO[C@H](OC[C@@H](O)[C@H]2O[C@@](OCCCSCCCS)(C(=O)O)[C@@H](O)[C@@H](O)[C@H]2O)[C@H](O)[C@H]1O. The average molecular weight is 534 g/mol. The van der Waals surface area contributed by atoms with E-state index in [1.165, 1.54) is 0 Å². The van der Waals surface area contributed by atoms with Crippen LogP contribution in [0.2, 0.25) is 0 Å². The summed E-state index contributed by atoms with van der Waals surface area (Å²) < 4.78 is 21.1. The van der Waals surface area contributed by atoms with Crippen LogP contribution in [0, 0.1) is 0 Å². The molecule has 0 amide bonds. The van der Waals surface area contributed by atoms with E-state index in [4.69, 9.17) is 24.7 Å². The van der Waals surface area contributed by atoms with E-state index in [9.17, 15) is 40.5 Å². The van der Waals surface area contributed by atoms with Gasteiger partial charge in [0.2, 0.25) is 0 Å². The molecule has 2 aliphatic heterocycles. The molecule has 13 nitrogen and oxygen atoms in total. The smallest absolute Gasteiger partial charge is 0.367 e. The number of hydrogen-bond acceptors (Lipinski definition) is 14. The van der Waals surface area contributed by atoms with Gasteiger partial charge in [-0.3, -0.25) is 0 Å². The molecule has 9 N–H and O–H groups in total. The quantitative estimate of drug-likeness (QED) is 0.0828. The molecule has 2 fully saturated rings. The normalized spacial score (nSPS) is 39.6. The molecule has 0 radical (unpaired) electrons. The molecule has 2 rings (SSSR count). The maximum absolute atomic E-state index is 12.0. The minimum absolute atomic E-state index is 0.130. The lowest BCUT2D eigenvalue weighted by atomic mass is 9.90. The summed E-state index contributed by atoms with van der Waals surface area (Å²) >= 11 is 5.73. The highest BCUT2D eigenvalue weighted by Crippen LogP contribution is 2.34. The zero-order chi connectivity index (χ0) is 25.5. The van der Waals surface area contributed by atoms with Crippen molar-refractivity contribution in [3.63, 3.8) is 0 Å². The first-order valence-electron chi connectivity index (χ1n) is 10.9. The van der Waals surface area contributed by atoms with E-state index in [0.717, 1.165) is 17.9 Å². The number of carboxylic acid groups (broad SMARTS) is 1. The number of hydrogen-bond donors (Lipinski definition) is 9. The van der Waals surface area contributed by atoms with Gasteiger partial charge in [0.1, 0.15) is 42.7 Å². The number of aliphatic hydroxyl groups excluding tert-OH is 6. The third-order valence-electron chi connectivity index (χ3n) is 5.54. The Morgan fingerprint density at radius 1 is 1.12 bits per heavy atom. The van der Waals surface area contributed by atoms with Crippen LogP contribution in [0.4, 0.5) is 0 Å². The van der Waals surface area contributed by atoms with Crippen molar-refractivity contribution in [2.45, 2.75) is 73.7 Å². The first-order chi connectivity index (χ1) is 16.1. The van der Waals surface area contributed by atoms with Crippen molar-refractivity contribution in [3.05, 3.63) is 0 Å². The van der Waals surface area contributed by atoms with Crippen LogP contribution in [0.25, 0.3) is 0 Å². The highest BCUT2D eigenvalue weighted by atomic mass is 32.2. The number of rotatable bonds is 13. The van der Waals surface area contributed by atoms with Gasteiger partial charge in [-0.2, -0.15) is 24.4 Å². The lowest BCUT2D eigenvalue weighted by molar-refractivity contribution is -0.361. The van der Waals surface area contributed by atoms with Crippen molar-refractivity contribution >= 4 is 30.4 Å². The van der Waals surface area contributed by atoms with Gasteiger partial charge in [0, 0.05) is 0 Å². The summed E-state index contributed by atoms with van der Waals surface area (Å²) in [6.07, 6.45) is -12.4. The van der Waals surface area contributed by atoms with Crippen molar-refractivity contribution in [2.24, 2.45) is 5.73 Å². The molecule has 0 unspecified atom stereocenters. The number of carbonyl (C=O) groups is 1. The molecule has 2 aliphatic rings. The van der Waals surface area contributed by atoms with Gasteiger partial charge in [-0.15, -0.1) is 0 Å². The highest BCUT2D eigenvalue weighted by molar-refractivity contribution is 7.99. The number of thiol groups is 1. The van der Waals surface area contributed by atoms with Crippen molar-refractivity contribution in [2.75, 3.05) is 37.1 Å². The molecule has 34 heavy (non-hydrogen) atoms. The third kappa shape index (κ3) is 7.15. The van der Waals surface area contributed by atoms with Crippen molar-refractivity contribution in [1.29, 1.82) is 0 Å². The van der Waals surface area contributed by atoms with E-state index in [2.05, 4.69) is 12.6 Å². The van der Waals surface area contributed by atoms with Crippen LogP contribution in [0.5, 0.6) is 0 Å². The fourth-order valence-electron chi connectivity index (χ4n) is 3.52. The number of thioether (sulfide) groups is 1. The van der Waals surface area contributed by atoms with Crippen LogP contribution in [0.15, 0.2) is 0 Å². The second-order valence-electron chi connectivity index (χ2n) is 8.12. The van der Waals surface area contributed by atoms with Crippen LogP contribution in [-0.2, 0) is 23.7 Å². The van der Waals surface area contributed by atoms with Crippen LogP contribution in [0.3, 0.4) is 0 Å². The van der Waals surface area contributed by atoms with Crippen molar-refractivity contribution < 1.29 is 59.5 Å². The maximum atomic E-state index is 12.0. The summed E-state index contributed by atoms with van der Waals surface area (Å²) in [7, 11) is 0. The molecule has 0 spiro atoms. The van der Waals surface area contributed by atoms with E-state index in [1.54, 1.807) is 11.8 Å². The van der Waals surface area contributed by atoms with Crippen molar-refractivity contribution in [1.82, 2.24) is 0 Å². The Morgan fingerprint density at radius 3 is 2.44 bits per heavy atom. The fourth-order valence-corrected chi connectivity index (χ4v) is 4.76. The van der Waals surface area contributed by atoms with Gasteiger partial charge in [0.15, 0.2) is 6.29 Å². The Kier molecular flexibility index (Phi) is 12.2. The minimum atomic E-state index is -2.75. The van der Waals surface area contributed by atoms with Crippen molar-refractivity contribution in [3.8, 4) is 0 Å². The third-order valence-corrected chi connectivity index (χ3v) is 7.01. The van der Waals surface area contributed by atoms with E-state index >= 15 is 0 Å². The zero-order valence-corrected chi connectivity index (χ0v) is 20.2. The van der Waals surface area contributed by atoms with Gasteiger partial charge >= 0.3 is 5.97 Å². The number of ether oxygens (including phenoxy) is 4. The lowest BCUT2D eigenvalue weighted by Gasteiger charge is -2.47. The second kappa shape index (κ2) is 13.9. The Hall–Kier alpha value is -0.270. The Balaban J connectivity index is 2.00. The summed E-state index contributed by atoms with van der Waals surface area (Å²) in [5.74, 6) is -2.24. The van der Waals surface area contributed by atoms with Gasteiger partial charge < -0.3 is 60.4 Å². The molecule has 0 aromatic heterocycles. The molecular weight excluding hydrogens is 498 g/mol. The summed E-state index contributed by atoms with van der Waals surface area (Å²) in [6, 6.07) is -0.838. The second-order valence-corrected chi connectivity index (χ2v) is 9.79. The molecular formula is C19H35NO12S2. The number of aliphatic hydroxyl groups is 6. The van der Waals surface area contributed by atoms with Gasteiger partial charge in [-0.1, -0.05) is 0 Å². The largest absolute Gasteiger partial charge is 0.477 e. The minimum Gasteiger partial charge on any atom is -0.477 e. The first kappa shape index (κ1) is 30.0. The Bertz CT molecular complexity index is 636. The number of carboxylic acids is 1. The fraction of sp³-hybridized carbons (Fsp3) is 0.947. The molecule has 0 saturated carbocycles. The first-order valence-corrected chi connectivity index (χ1v) is 12.7. The van der Waals surface area contributed by atoms with Gasteiger partial charge in [0.25, 0.3) is 5.79 Å². The topological polar surface area (TPSA) is 222 Å². The van der Waals surface area contributed by atoms with E-state index in [0.29, 0.717) is 12.2 Å². The average Bonchev–Trinajstić information content (AvgIpc) is 2.81. The van der Waals surface area contributed by atoms with E-state index < -0.39 is 73.4 Å². The predicted octanol–water partition coefficient (Wildman–Crippen LogP) is -3.51. The molecule has 2 heterocycles. The van der Waals surface area contributed by atoms with E-state index in [1.807, 2.05) is 0 Å². The Labute approximate surface area is 206 Å². The molecule has 15 heteroatoms. The highest BCUT2D eigenvalue weighted by Gasteiger charge is 2.61. The Morgan fingerprint density at radius 2 is 1.79 bits per heavy atom. The predicted molar refractivity (Wildman–Crippen MR) is 121 cm³/mol. The summed E-state index contributed by atoms with van der Waals surface area (Å²) in [5.41, 5.74) is 5.57. The molecule has 0 aromatic rings.